The maximum atomic E-state index is 3.63. The van der Waals surface area contributed by atoms with Gasteiger partial charge in [-0.25, -0.2) is 0 Å². The quantitative estimate of drug-likeness (QED) is 0.837. The summed E-state index contributed by atoms with van der Waals surface area (Å²) < 4.78 is 0. The average Bonchev–Trinajstić information content (AvgIpc) is 2.93. The minimum atomic E-state index is 0.374. The van der Waals surface area contributed by atoms with Gasteiger partial charge in [0.15, 0.2) is 0 Å². The second-order valence-electron chi connectivity index (χ2n) is 4.55. The van der Waals surface area contributed by atoms with Gasteiger partial charge in [-0.1, -0.05) is 13.8 Å². The third kappa shape index (κ3) is 2.85. The predicted octanol–water partition coefficient (Wildman–Crippen LogP) is 4.69. The molecule has 18 heavy (non-hydrogen) atoms. The van der Waals surface area contributed by atoms with Crippen LogP contribution in [0.1, 0.15) is 45.0 Å². The van der Waals surface area contributed by atoms with Crippen molar-refractivity contribution < 1.29 is 0 Å². The van der Waals surface area contributed by atoms with E-state index in [1.807, 2.05) is 22.7 Å². The lowest BCUT2D eigenvalue weighted by molar-refractivity contribution is 0.646. The first-order valence-electron chi connectivity index (χ1n) is 6.54. The molecule has 0 bridgehead atoms. The van der Waals surface area contributed by atoms with Crippen LogP contribution in [0.15, 0.2) is 18.2 Å². The largest absolute Gasteiger partial charge is 0.305 e. The zero-order valence-corrected chi connectivity index (χ0v) is 13.2. The lowest BCUT2D eigenvalue weighted by Crippen LogP contribution is -2.20. The Morgan fingerprint density at radius 3 is 2.44 bits per heavy atom. The van der Waals surface area contributed by atoms with Crippen LogP contribution in [0.2, 0.25) is 0 Å². The third-order valence-corrected chi connectivity index (χ3v) is 5.58. The summed E-state index contributed by atoms with van der Waals surface area (Å²) in [6.07, 6.45) is 1.13. The summed E-state index contributed by atoms with van der Waals surface area (Å²) in [6.45, 7) is 9.81. The van der Waals surface area contributed by atoms with E-state index in [2.05, 4.69) is 51.2 Å². The van der Waals surface area contributed by atoms with Crippen LogP contribution in [0.25, 0.3) is 0 Å². The molecule has 2 aromatic rings. The Morgan fingerprint density at radius 1 is 1.17 bits per heavy atom. The average molecular weight is 279 g/mol. The molecule has 1 N–H and O–H groups in total. The second-order valence-corrected chi connectivity index (χ2v) is 7.04. The minimum Gasteiger partial charge on any atom is -0.305 e. The van der Waals surface area contributed by atoms with E-state index in [0.717, 1.165) is 13.0 Å². The molecular weight excluding hydrogens is 258 g/mol. The smallest absolute Gasteiger partial charge is 0.0767 e. The van der Waals surface area contributed by atoms with E-state index < -0.39 is 0 Å². The number of hydrogen-bond acceptors (Lipinski definition) is 3. The Labute approximate surface area is 118 Å². The maximum Gasteiger partial charge on any atom is 0.0767 e. The fourth-order valence-corrected chi connectivity index (χ4v) is 4.46. The van der Waals surface area contributed by atoms with Crippen molar-refractivity contribution in [1.82, 2.24) is 5.32 Å². The molecule has 0 radical (unpaired) electrons. The molecule has 0 saturated heterocycles. The highest BCUT2D eigenvalue weighted by molar-refractivity contribution is 7.13. The molecule has 0 aromatic carbocycles. The van der Waals surface area contributed by atoms with E-state index >= 15 is 0 Å². The van der Waals surface area contributed by atoms with Crippen LogP contribution in [0.5, 0.6) is 0 Å². The molecule has 2 rings (SSSR count). The Bertz CT molecular complexity index is 510. The topological polar surface area (TPSA) is 12.0 Å². The molecule has 1 atom stereocenters. The SMILES string of the molecule is CCNC(c1ccc(CC)s1)c1sc(C)cc1C. The van der Waals surface area contributed by atoms with E-state index in [0.29, 0.717) is 6.04 Å². The molecule has 0 aliphatic rings. The van der Waals surface area contributed by atoms with Gasteiger partial charge in [-0.15, -0.1) is 22.7 Å². The molecule has 3 heteroatoms. The summed E-state index contributed by atoms with van der Waals surface area (Å²) in [7, 11) is 0. The van der Waals surface area contributed by atoms with E-state index in [9.17, 15) is 0 Å². The molecule has 0 aliphatic carbocycles. The van der Waals surface area contributed by atoms with Crippen LogP contribution < -0.4 is 5.32 Å². The van der Waals surface area contributed by atoms with Crippen LogP contribution in [0, 0.1) is 13.8 Å². The molecule has 1 nitrogen and oxygen atoms in total. The summed E-state index contributed by atoms with van der Waals surface area (Å²) in [6, 6.07) is 7.21. The molecular formula is C15H21NS2. The predicted molar refractivity (Wildman–Crippen MR) is 83.0 cm³/mol. The number of aryl methyl sites for hydroxylation is 3. The summed E-state index contributed by atoms with van der Waals surface area (Å²) in [5.41, 5.74) is 1.41. The van der Waals surface area contributed by atoms with Crippen molar-refractivity contribution in [2.24, 2.45) is 0 Å². The molecule has 0 amide bonds. The molecule has 0 spiro atoms. The van der Waals surface area contributed by atoms with Gasteiger partial charge in [-0.05, 0) is 50.6 Å². The standard InChI is InChI=1S/C15H21NS2/c1-5-12-7-8-13(18-12)14(16-6-2)15-10(3)9-11(4)17-15/h7-9,14,16H,5-6H2,1-4H3. The first-order valence-corrected chi connectivity index (χ1v) is 8.17. The molecule has 0 fully saturated rings. The number of rotatable bonds is 5. The molecule has 2 heterocycles. The molecule has 2 aromatic heterocycles. The maximum absolute atomic E-state index is 3.63. The normalized spacial score (nSPS) is 12.9. The van der Waals surface area contributed by atoms with E-state index in [-0.39, 0.29) is 0 Å². The third-order valence-electron chi connectivity index (χ3n) is 3.07. The van der Waals surface area contributed by atoms with Gasteiger partial charge in [0, 0.05) is 19.5 Å². The van der Waals surface area contributed by atoms with Gasteiger partial charge >= 0.3 is 0 Å². The van der Waals surface area contributed by atoms with Gasteiger partial charge in [0.25, 0.3) is 0 Å². The van der Waals surface area contributed by atoms with Gasteiger partial charge in [0.2, 0.25) is 0 Å². The first kappa shape index (κ1) is 13.8. The lowest BCUT2D eigenvalue weighted by Gasteiger charge is -2.16. The van der Waals surface area contributed by atoms with Crippen molar-refractivity contribution in [2.45, 2.75) is 40.2 Å². The van der Waals surface area contributed by atoms with Crippen molar-refractivity contribution in [3.8, 4) is 0 Å². The zero-order valence-electron chi connectivity index (χ0n) is 11.5. The van der Waals surface area contributed by atoms with Crippen molar-refractivity contribution in [1.29, 1.82) is 0 Å². The Balaban J connectivity index is 2.36. The summed E-state index contributed by atoms with van der Waals surface area (Å²) in [5, 5.41) is 3.63. The first-order chi connectivity index (χ1) is 8.65. The van der Waals surface area contributed by atoms with Gasteiger partial charge < -0.3 is 5.32 Å². The number of thiophene rings is 2. The van der Waals surface area contributed by atoms with Gasteiger partial charge in [-0.3, -0.25) is 0 Å². The van der Waals surface area contributed by atoms with Crippen LogP contribution >= 0.6 is 22.7 Å². The highest BCUT2D eigenvalue weighted by Crippen LogP contribution is 2.35. The Morgan fingerprint density at radius 2 is 1.94 bits per heavy atom. The second kappa shape index (κ2) is 6.00. The molecule has 0 aliphatic heterocycles. The highest BCUT2D eigenvalue weighted by atomic mass is 32.1. The molecule has 0 saturated carbocycles. The summed E-state index contributed by atoms with van der Waals surface area (Å²) >= 11 is 3.86. The van der Waals surface area contributed by atoms with E-state index in [4.69, 9.17) is 0 Å². The molecule has 1 unspecified atom stereocenters. The van der Waals surface area contributed by atoms with Crippen LogP contribution in [0.3, 0.4) is 0 Å². The van der Waals surface area contributed by atoms with Gasteiger partial charge in [0.1, 0.15) is 0 Å². The zero-order chi connectivity index (χ0) is 13.1. The van der Waals surface area contributed by atoms with Crippen molar-refractivity contribution in [3.05, 3.63) is 43.3 Å². The van der Waals surface area contributed by atoms with Crippen LogP contribution in [-0.4, -0.2) is 6.54 Å². The minimum absolute atomic E-state index is 0.374. The Kier molecular flexibility index (Phi) is 4.60. The summed E-state index contributed by atoms with van der Waals surface area (Å²) in [4.78, 5) is 5.79. The number of hydrogen-bond donors (Lipinski definition) is 1. The summed E-state index contributed by atoms with van der Waals surface area (Å²) in [5.74, 6) is 0. The van der Waals surface area contributed by atoms with Crippen LogP contribution in [-0.2, 0) is 6.42 Å². The lowest BCUT2D eigenvalue weighted by atomic mass is 10.1. The van der Waals surface area contributed by atoms with E-state index in [1.54, 1.807) is 0 Å². The monoisotopic (exact) mass is 279 g/mol. The molecule has 98 valence electrons. The van der Waals surface area contributed by atoms with Crippen molar-refractivity contribution >= 4 is 22.7 Å². The van der Waals surface area contributed by atoms with Crippen molar-refractivity contribution in [2.75, 3.05) is 6.54 Å². The van der Waals surface area contributed by atoms with E-state index in [1.165, 1.54) is 25.1 Å². The van der Waals surface area contributed by atoms with Gasteiger partial charge in [-0.2, -0.15) is 0 Å². The van der Waals surface area contributed by atoms with Gasteiger partial charge in [0.05, 0.1) is 6.04 Å². The fraction of sp³-hybridized carbons (Fsp3) is 0.467. The highest BCUT2D eigenvalue weighted by Gasteiger charge is 2.19. The van der Waals surface area contributed by atoms with Crippen molar-refractivity contribution in [3.63, 3.8) is 0 Å². The van der Waals surface area contributed by atoms with Crippen LogP contribution in [0.4, 0.5) is 0 Å². The fourth-order valence-electron chi connectivity index (χ4n) is 2.21. The Hall–Kier alpha value is -0.640. The number of nitrogens with one attached hydrogen (secondary N) is 1.